The van der Waals surface area contributed by atoms with Gasteiger partial charge in [-0.1, -0.05) is 0 Å². The van der Waals surface area contributed by atoms with Gasteiger partial charge in [0.2, 0.25) is 0 Å². The Morgan fingerprint density at radius 3 is 1.71 bits per heavy atom. The summed E-state index contributed by atoms with van der Waals surface area (Å²) < 4.78 is 119. The van der Waals surface area contributed by atoms with E-state index in [9.17, 15) is 39.5 Å². The summed E-state index contributed by atoms with van der Waals surface area (Å²) in [5.41, 5.74) is 2.20. The molecular weight excluding hydrogens is 445 g/mol. The molecule has 0 saturated heterocycles. The minimum Gasteiger partial charge on any atom is -0.406 e. The van der Waals surface area contributed by atoms with E-state index in [2.05, 4.69) is 9.84 Å². The van der Waals surface area contributed by atoms with Crippen LogP contribution in [0.4, 0.5) is 45.3 Å². The van der Waals surface area contributed by atoms with Gasteiger partial charge in [-0.05, 0) is 42.5 Å². The van der Waals surface area contributed by atoms with Crippen molar-refractivity contribution in [1.82, 2.24) is 9.78 Å². The zero-order valence-electron chi connectivity index (χ0n) is 14.9. The maximum absolute atomic E-state index is 13.1. The fourth-order valence-electron chi connectivity index (χ4n) is 2.63. The number of aromatic nitrogens is 2. The molecule has 0 aliphatic heterocycles. The molecule has 0 unspecified atom stereocenters. The Kier molecular flexibility index (Phi) is 5.32. The average Bonchev–Trinajstić information content (AvgIpc) is 3.01. The van der Waals surface area contributed by atoms with E-state index in [1.54, 1.807) is 0 Å². The van der Waals surface area contributed by atoms with Gasteiger partial charge in [0, 0.05) is 11.6 Å². The van der Waals surface area contributed by atoms with E-state index in [1.165, 1.54) is 12.1 Å². The monoisotopic (exact) mass is 455 g/mol. The lowest BCUT2D eigenvalue weighted by Crippen LogP contribution is -2.16. The SMILES string of the molecule is Nc1cc(-c2ccc(OC(F)(F)F)cc2)nn1-c1cc(C(F)(F)F)cc(C(F)(F)F)c1. The Labute approximate surface area is 167 Å². The highest BCUT2D eigenvalue weighted by atomic mass is 19.4. The minimum atomic E-state index is -5.06. The van der Waals surface area contributed by atoms with Crippen LogP contribution in [0.1, 0.15) is 11.1 Å². The van der Waals surface area contributed by atoms with Crippen LogP contribution in [-0.2, 0) is 12.4 Å². The Morgan fingerprint density at radius 2 is 1.26 bits per heavy atom. The Balaban J connectivity index is 2.03. The number of nitrogens with two attached hydrogens (primary N) is 1. The summed E-state index contributed by atoms with van der Waals surface area (Å²) in [5.74, 6) is -0.825. The number of halogens is 9. The summed E-state index contributed by atoms with van der Waals surface area (Å²) in [7, 11) is 0. The van der Waals surface area contributed by atoms with Crippen molar-refractivity contribution in [3.63, 3.8) is 0 Å². The third kappa shape index (κ3) is 5.22. The van der Waals surface area contributed by atoms with Gasteiger partial charge in [-0.2, -0.15) is 31.4 Å². The zero-order valence-corrected chi connectivity index (χ0v) is 14.9. The summed E-state index contributed by atoms with van der Waals surface area (Å²) in [4.78, 5) is 0. The molecular formula is C18H10F9N3O. The van der Waals surface area contributed by atoms with Crippen LogP contribution in [0, 0.1) is 0 Å². The second-order valence-corrected chi connectivity index (χ2v) is 6.20. The second kappa shape index (κ2) is 7.39. The molecule has 2 N–H and O–H groups in total. The van der Waals surface area contributed by atoms with Gasteiger partial charge in [-0.25, -0.2) is 4.68 Å². The standard InChI is InChI=1S/C18H10F9N3O/c19-16(20,21)10-5-11(17(22,23)24)7-12(6-10)30-15(28)8-14(29-30)9-1-3-13(4-2-9)31-18(25,26)27/h1-8H,28H2. The first-order valence-corrected chi connectivity index (χ1v) is 8.15. The van der Waals surface area contributed by atoms with Crippen LogP contribution >= 0.6 is 0 Å². The van der Waals surface area contributed by atoms with Gasteiger partial charge in [0.25, 0.3) is 0 Å². The highest BCUT2D eigenvalue weighted by Crippen LogP contribution is 2.38. The predicted molar refractivity (Wildman–Crippen MR) is 90.1 cm³/mol. The molecule has 31 heavy (non-hydrogen) atoms. The first-order chi connectivity index (χ1) is 14.1. The summed E-state index contributed by atoms with van der Waals surface area (Å²) in [6.45, 7) is 0. The fraction of sp³-hybridized carbons (Fsp3) is 0.167. The molecule has 13 heteroatoms. The molecule has 0 aliphatic rings. The van der Waals surface area contributed by atoms with E-state index >= 15 is 0 Å². The normalized spacial score (nSPS) is 12.8. The van der Waals surface area contributed by atoms with E-state index in [0.29, 0.717) is 16.8 Å². The number of nitrogen functional groups attached to an aromatic ring is 1. The van der Waals surface area contributed by atoms with Crippen LogP contribution in [0.25, 0.3) is 16.9 Å². The third-order valence-electron chi connectivity index (χ3n) is 3.94. The molecule has 0 fully saturated rings. The molecule has 4 nitrogen and oxygen atoms in total. The topological polar surface area (TPSA) is 53.1 Å². The molecule has 1 aromatic heterocycles. The van der Waals surface area contributed by atoms with Crippen molar-refractivity contribution in [3.8, 4) is 22.7 Å². The fourth-order valence-corrected chi connectivity index (χ4v) is 2.63. The number of hydrogen-bond acceptors (Lipinski definition) is 3. The summed E-state index contributed by atoms with van der Waals surface area (Å²) in [6, 6.07) is 6.26. The number of alkyl halides is 9. The Hall–Kier alpha value is -3.38. The lowest BCUT2D eigenvalue weighted by molar-refractivity contribution is -0.274. The van der Waals surface area contributed by atoms with E-state index in [0.717, 1.165) is 18.2 Å². The largest absolute Gasteiger partial charge is 0.573 e. The number of nitrogens with zero attached hydrogens (tertiary/aromatic N) is 2. The quantitative estimate of drug-likeness (QED) is 0.489. The molecule has 0 atom stereocenters. The number of hydrogen-bond donors (Lipinski definition) is 1. The number of ether oxygens (including phenoxy) is 1. The van der Waals surface area contributed by atoms with Gasteiger partial charge < -0.3 is 10.5 Å². The van der Waals surface area contributed by atoms with Gasteiger partial charge >= 0.3 is 18.7 Å². The van der Waals surface area contributed by atoms with Crippen LogP contribution in [0.15, 0.2) is 48.5 Å². The molecule has 0 amide bonds. The third-order valence-corrected chi connectivity index (χ3v) is 3.94. The Bertz CT molecular complexity index is 1050. The minimum absolute atomic E-state index is 0.00188. The Morgan fingerprint density at radius 1 is 0.742 bits per heavy atom. The molecule has 1 heterocycles. The maximum Gasteiger partial charge on any atom is 0.573 e. The van der Waals surface area contributed by atoms with Crippen molar-refractivity contribution in [2.75, 3.05) is 5.73 Å². The van der Waals surface area contributed by atoms with Gasteiger partial charge in [-0.15, -0.1) is 13.2 Å². The predicted octanol–water partition coefficient (Wildman–Crippen LogP) is 6.06. The van der Waals surface area contributed by atoms with Gasteiger partial charge in [0.1, 0.15) is 11.6 Å². The van der Waals surface area contributed by atoms with Crippen molar-refractivity contribution >= 4 is 5.82 Å². The van der Waals surface area contributed by atoms with Crippen LogP contribution in [0.3, 0.4) is 0 Å². The maximum atomic E-state index is 13.1. The van der Waals surface area contributed by atoms with Gasteiger partial charge in [-0.3, -0.25) is 0 Å². The number of anilines is 1. The van der Waals surface area contributed by atoms with Crippen LogP contribution in [-0.4, -0.2) is 16.1 Å². The van der Waals surface area contributed by atoms with Crippen molar-refractivity contribution < 1.29 is 44.3 Å². The summed E-state index contributed by atoms with van der Waals surface area (Å²) in [6.07, 6.45) is -15.0. The van der Waals surface area contributed by atoms with Crippen LogP contribution in [0.2, 0.25) is 0 Å². The molecule has 0 saturated carbocycles. The van der Waals surface area contributed by atoms with Crippen LogP contribution in [0.5, 0.6) is 5.75 Å². The van der Waals surface area contributed by atoms with E-state index in [-0.39, 0.29) is 23.1 Å². The van der Waals surface area contributed by atoms with Crippen molar-refractivity contribution in [1.29, 1.82) is 0 Å². The molecule has 0 radical (unpaired) electrons. The second-order valence-electron chi connectivity index (χ2n) is 6.20. The molecule has 3 aromatic rings. The zero-order chi connectivity index (χ0) is 23.2. The van der Waals surface area contributed by atoms with E-state index < -0.39 is 41.3 Å². The van der Waals surface area contributed by atoms with Gasteiger partial charge in [0.05, 0.1) is 22.5 Å². The lowest BCUT2D eigenvalue weighted by Gasteiger charge is -2.14. The van der Waals surface area contributed by atoms with Crippen LogP contribution < -0.4 is 10.5 Å². The van der Waals surface area contributed by atoms with E-state index in [4.69, 9.17) is 5.73 Å². The molecule has 2 aromatic carbocycles. The first kappa shape index (κ1) is 22.3. The number of rotatable bonds is 3. The molecule has 0 bridgehead atoms. The highest BCUT2D eigenvalue weighted by Gasteiger charge is 2.37. The number of benzene rings is 2. The van der Waals surface area contributed by atoms with Crippen molar-refractivity contribution in [2.24, 2.45) is 0 Å². The smallest absolute Gasteiger partial charge is 0.406 e. The first-order valence-electron chi connectivity index (χ1n) is 8.15. The summed E-state index contributed by atoms with van der Waals surface area (Å²) >= 11 is 0. The lowest BCUT2D eigenvalue weighted by atomic mass is 10.1. The van der Waals surface area contributed by atoms with Crippen molar-refractivity contribution in [3.05, 3.63) is 59.7 Å². The molecule has 3 rings (SSSR count). The molecule has 0 aliphatic carbocycles. The molecule has 166 valence electrons. The van der Waals surface area contributed by atoms with E-state index in [1.807, 2.05) is 0 Å². The summed E-state index contributed by atoms with van der Waals surface area (Å²) in [5, 5.41) is 3.89. The van der Waals surface area contributed by atoms with Gasteiger partial charge in [0.15, 0.2) is 0 Å². The highest BCUT2D eigenvalue weighted by molar-refractivity contribution is 5.64. The average molecular weight is 455 g/mol. The van der Waals surface area contributed by atoms with Crippen molar-refractivity contribution in [2.45, 2.75) is 18.7 Å². The molecule has 0 spiro atoms.